The Labute approximate surface area is 191 Å². The van der Waals surface area contributed by atoms with Gasteiger partial charge in [0.1, 0.15) is 11.9 Å². The number of carbonyl (C=O) groups is 2. The SMILES string of the molecule is CCC(C(=O)O)n1c2c(c3cc(F)ccc31)C[C@H](NC(=O)CCc1cccc(Cl)c1)CC2. The van der Waals surface area contributed by atoms with E-state index in [1.54, 1.807) is 12.1 Å². The molecular formula is C25H26ClFN2O3. The van der Waals surface area contributed by atoms with Crippen LogP contribution in [0.2, 0.25) is 5.02 Å². The van der Waals surface area contributed by atoms with Crippen molar-refractivity contribution < 1.29 is 19.1 Å². The number of rotatable bonds is 7. The Morgan fingerprint density at radius 3 is 2.81 bits per heavy atom. The largest absolute Gasteiger partial charge is 0.480 e. The molecular weight excluding hydrogens is 431 g/mol. The molecule has 0 saturated heterocycles. The van der Waals surface area contributed by atoms with Gasteiger partial charge in [-0.2, -0.15) is 0 Å². The van der Waals surface area contributed by atoms with Gasteiger partial charge in [0.05, 0.1) is 0 Å². The van der Waals surface area contributed by atoms with Crippen molar-refractivity contribution in [2.45, 2.75) is 57.5 Å². The van der Waals surface area contributed by atoms with E-state index in [4.69, 9.17) is 11.6 Å². The van der Waals surface area contributed by atoms with E-state index in [0.29, 0.717) is 43.5 Å². The number of halogens is 2. The molecule has 1 aromatic heterocycles. The van der Waals surface area contributed by atoms with Gasteiger partial charge in [-0.3, -0.25) is 4.79 Å². The number of aromatic nitrogens is 1. The van der Waals surface area contributed by atoms with E-state index in [9.17, 15) is 19.1 Å². The second kappa shape index (κ2) is 9.33. The Bertz CT molecular complexity index is 1170. The summed E-state index contributed by atoms with van der Waals surface area (Å²) in [6.07, 6.45) is 3.30. The van der Waals surface area contributed by atoms with Crippen LogP contribution in [-0.2, 0) is 28.9 Å². The van der Waals surface area contributed by atoms with Gasteiger partial charge in [-0.25, -0.2) is 9.18 Å². The van der Waals surface area contributed by atoms with Crippen LogP contribution in [0.4, 0.5) is 4.39 Å². The highest BCUT2D eigenvalue weighted by Gasteiger charge is 2.30. The molecule has 4 rings (SSSR count). The van der Waals surface area contributed by atoms with Crippen molar-refractivity contribution in [3.05, 3.63) is 70.1 Å². The van der Waals surface area contributed by atoms with Crippen molar-refractivity contribution in [2.24, 2.45) is 0 Å². The molecule has 1 aliphatic carbocycles. The second-order valence-corrected chi connectivity index (χ2v) is 8.79. The molecule has 0 fully saturated rings. The predicted octanol–water partition coefficient (Wildman–Crippen LogP) is 5.08. The van der Waals surface area contributed by atoms with Crippen molar-refractivity contribution in [2.75, 3.05) is 0 Å². The number of hydrogen-bond donors (Lipinski definition) is 2. The lowest BCUT2D eigenvalue weighted by Crippen LogP contribution is -2.39. The first kappa shape index (κ1) is 22.3. The quantitative estimate of drug-likeness (QED) is 0.521. The zero-order chi connectivity index (χ0) is 22.8. The maximum absolute atomic E-state index is 14.0. The van der Waals surface area contributed by atoms with Crippen LogP contribution in [0.15, 0.2) is 42.5 Å². The zero-order valence-electron chi connectivity index (χ0n) is 17.9. The van der Waals surface area contributed by atoms with Crippen LogP contribution < -0.4 is 5.32 Å². The molecule has 0 saturated carbocycles. The van der Waals surface area contributed by atoms with Crippen LogP contribution in [0.1, 0.15) is 49.0 Å². The second-order valence-electron chi connectivity index (χ2n) is 8.36. The predicted molar refractivity (Wildman–Crippen MR) is 123 cm³/mol. The topological polar surface area (TPSA) is 71.3 Å². The van der Waals surface area contributed by atoms with Gasteiger partial charge >= 0.3 is 5.97 Å². The summed E-state index contributed by atoms with van der Waals surface area (Å²) in [7, 11) is 0. The van der Waals surface area contributed by atoms with Gasteiger partial charge in [-0.05, 0) is 73.6 Å². The van der Waals surface area contributed by atoms with Crippen molar-refractivity contribution in [1.29, 1.82) is 0 Å². The van der Waals surface area contributed by atoms with E-state index in [1.807, 2.05) is 29.7 Å². The summed E-state index contributed by atoms with van der Waals surface area (Å²) < 4.78 is 15.9. The fourth-order valence-corrected chi connectivity index (χ4v) is 4.97. The maximum Gasteiger partial charge on any atom is 0.326 e. The van der Waals surface area contributed by atoms with Crippen molar-refractivity contribution in [1.82, 2.24) is 9.88 Å². The third kappa shape index (κ3) is 4.51. The molecule has 168 valence electrons. The Morgan fingerprint density at radius 2 is 2.09 bits per heavy atom. The summed E-state index contributed by atoms with van der Waals surface area (Å²) in [5.41, 5.74) is 3.62. The number of aryl methyl sites for hydroxylation is 1. The zero-order valence-corrected chi connectivity index (χ0v) is 18.7. The molecule has 1 unspecified atom stereocenters. The Morgan fingerprint density at radius 1 is 1.28 bits per heavy atom. The van der Waals surface area contributed by atoms with E-state index >= 15 is 0 Å². The van der Waals surface area contributed by atoms with Crippen LogP contribution >= 0.6 is 11.6 Å². The Hall–Kier alpha value is -2.86. The number of aliphatic carboxylic acids is 1. The third-order valence-corrected chi connectivity index (χ3v) is 6.48. The van der Waals surface area contributed by atoms with Gasteiger partial charge in [0, 0.05) is 34.1 Å². The molecule has 1 heterocycles. The molecule has 5 nitrogen and oxygen atoms in total. The van der Waals surface area contributed by atoms with Gasteiger partial charge < -0.3 is 15.0 Å². The normalized spacial score (nSPS) is 16.5. The van der Waals surface area contributed by atoms with Crippen molar-refractivity contribution >= 4 is 34.4 Å². The fourth-order valence-electron chi connectivity index (χ4n) is 4.76. The number of carboxylic acid groups (broad SMARTS) is 1. The number of carbonyl (C=O) groups excluding carboxylic acids is 1. The van der Waals surface area contributed by atoms with Crippen LogP contribution in [0.25, 0.3) is 10.9 Å². The number of nitrogens with one attached hydrogen (secondary N) is 1. The average molecular weight is 457 g/mol. The summed E-state index contributed by atoms with van der Waals surface area (Å²) >= 11 is 6.01. The number of benzene rings is 2. The molecule has 0 bridgehead atoms. The molecule has 3 aromatic rings. The van der Waals surface area contributed by atoms with E-state index in [0.717, 1.165) is 27.7 Å². The minimum absolute atomic E-state index is 0.0367. The van der Waals surface area contributed by atoms with Crippen LogP contribution in [-0.4, -0.2) is 27.6 Å². The Balaban J connectivity index is 1.54. The molecule has 32 heavy (non-hydrogen) atoms. The van der Waals surface area contributed by atoms with Gasteiger partial charge in [0.25, 0.3) is 0 Å². The van der Waals surface area contributed by atoms with E-state index in [-0.39, 0.29) is 17.8 Å². The number of hydrogen-bond acceptors (Lipinski definition) is 2. The van der Waals surface area contributed by atoms with E-state index in [2.05, 4.69) is 5.32 Å². The first-order valence-electron chi connectivity index (χ1n) is 10.9. The summed E-state index contributed by atoms with van der Waals surface area (Å²) in [4.78, 5) is 24.4. The van der Waals surface area contributed by atoms with E-state index in [1.165, 1.54) is 12.1 Å². The fraction of sp³-hybridized carbons (Fsp3) is 0.360. The van der Waals surface area contributed by atoms with Gasteiger partial charge in [-0.15, -0.1) is 0 Å². The summed E-state index contributed by atoms with van der Waals surface area (Å²) in [6, 6.07) is 11.2. The third-order valence-electron chi connectivity index (χ3n) is 6.24. The molecule has 0 spiro atoms. The molecule has 1 amide bonds. The standard InChI is InChI=1S/C25H26ClFN2O3/c1-2-21(25(31)32)29-22-9-7-17(27)13-19(22)20-14-18(8-10-23(20)29)28-24(30)11-6-15-4-3-5-16(26)12-15/h3-5,7,9,12-13,18,21H,2,6,8,10-11,14H2,1H3,(H,28,30)(H,31,32)/t18-,21?/m1/s1. The van der Waals surface area contributed by atoms with Crippen LogP contribution in [0, 0.1) is 5.82 Å². The first-order chi connectivity index (χ1) is 15.4. The first-order valence-corrected chi connectivity index (χ1v) is 11.3. The smallest absolute Gasteiger partial charge is 0.326 e. The van der Waals surface area contributed by atoms with Gasteiger partial charge in [-0.1, -0.05) is 30.7 Å². The molecule has 7 heteroatoms. The van der Waals surface area contributed by atoms with Crippen LogP contribution in [0.5, 0.6) is 0 Å². The molecule has 2 aromatic carbocycles. The number of fused-ring (bicyclic) bond motifs is 3. The van der Waals surface area contributed by atoms with Gasteiger partial charge in [0.2, 0.25) is 5.91 Å². The lowest BCUT2D eigenvalue weighted by Gasteiger charge is -2.26. The molecule has 0 radical (unpaired) electrons. The number of carboxylic acids is 1. The highest BCUT2D eigenvalue weighted by atomic mass is 35.5. The van der Waals surface area contributed by atoms with Crippen molar-refractivity contribution in [3.8, 4) is 0 Å². The summed E-state index contributed by atoms with van der Waals surface area (Å²) in [6.45, 7) is 1.84. The maximum atomic E-state index is 14.0. The molecule has 2 N–H and O–H groups in total. The highest BCUT2D eigenvalue weighted by molar-refractivity contribution is 6.30. The van der Waals surface area contributed by atoms with Crippen LogP contribution in [0.3, 0.4) is 0 Å². The lowest BCUT2D eigenvalue weighted by molar-refractivity contribution is -0.141. The lowest BCUT2D eigenvalue weighted by atomic mass is 9.91. The molecule has 0 aliphatic heterocycles. The minimum Gasteiger partial charge on any atom is -0.480 e. The Kier molecular flexibility index (Phi) is 6.51. The van der Waals surface area contributed by atoms with Gasteiger partial charge in [0.15, 0.2) is 0 Å². The molecule has 1 aliphatic rings. The molecule has 2 atom stereocenters. The summed E-state index contributed by atoms with van der Waals surface area (Å²) in [5.74, 6) is -1.29. The number of amides is 1. The monoisotopic (exact) mass is 456 g/mol. The van der Waals surface area contributed by atoms with E-state index < -0.39 is 12.0 Å². The number of nitrogens with zero attached hydrogens (tertiary/aromatic N) is 1. The highest BCUT2D eigenvalue weighted by Crippen LogP contribution is 2.36. The average Bonchev–Trinajstić information content (AvgIpc) is 3.06. The van der Waals surface area contributed by atoms with Crippen molar-refractivity contribution in [3.63, 3.8) is 0 Å². The minimum atomic E-state index is -0.895. The summed E-state index contributed by atoms with van der Waals surface area (Å²) in [5, 5.41) is 14.2.